The van der Waals surface area contributed by atoms with Gasteiger partial charge in [0.05, 0.1) is 23.2 Å². The molecule has 1 heterocycles. The third-order valence-corrected chi connectivity index (χ3v) is 2.75. The lowest BCUT2D eigenvalue weighted by Crippen LogP contribution is -2.07. The molecule has 0 bridgehead atoms. The van der Waals surface area contributed by atoms with E-state index in [-0.39, 0.29) is 29.2 Å². The summed E-state index contributed by atoms with van der Waals surface area (Å²) in [5, 5.41) is 14.7. The van der Waals surface area contributed by atoms with E-state index in [1.165, 1.54) is 13.0 Å². The van der Waals surface area contributed by atoms with Gasteiger partial charge in [-0.3, -0.25) is 10.1 Å². The molecule has 7 nitrogen and oxygen atoms in total. The van der Waals surface area contributed by atoms with Gasteiger partial charge in [0.2, 0.25) is 0 Å². The van der Waals surface area contributed by atoms with E-state index in [1.54, 1.807) is 6.92 Å². The summed E-state index contributed by atoms with van der Waals surface area (Å²) in [5.74, 6) is -1.30. The number of esters is 1. The van der Waals surface area contributed by atoms with Gasteiger partial charge >= 0.3 is 5.97 Å². The van der Waals surface area contributed by atoms with E-state index in [0.29, 0.717) is 0 Å². The van der Waals surface area contributed by atoms with Gasteiger partial charge in [0, 0.05) is 0 Å². The first kappa shape index (κ1) is 14.6. The first-order chi connectivity index (χ1) is 9.95. The Morgan fingerprint density at radius 1 is 1.52 bits per heavy atom. The van der Waals surface area contributed by atoms with Crippen molar-refractivity contribution in [2.24, 2.45) is 0 Å². The van der Waals surface area contributed by atoms with Crippen molar-refractivity contribution in [2.75, 3.05) is 6.61 Å². The Bertz CT molecular complexity index is 711. The van der Waals surface area contributed by atoms with Gasteiger partial charge in [0.1, 0.15) is 22.8 Å². The van der Waals surface area contributed by atoms with Crippen LogP contribution in [-0.2, 0) is 4.74 Å². The Hall–Kier alpha value is -2.77. The van der Waals surface area contributed by atoms with Crippen molar-refractivity contribution < 1.29 is 23.4 Å². The highest BCUT2D eigenvalue weighted by Gasteiger charge is 2.28. The first-order valence-electron chi connectivity index (χ1n) is 6.03. The van der Waals surface area contributed by atoms with Crippen LogP contribution in [0.15, 0.2) is 22.7 Å². The number of aromatic nitrogens is 1. The number of nitro benzene ring substituents is 1. The van der Waals surface area contributed by atoms with E-state index in [0.717, 1.165) is 12.1 Å². The number of hydrogen-bond donors (Lipinski definition) is 0. The van der Waals surface area contributed by atoms with Crippen molar-refractivity contribution in [3.8, 4) is 11.3 Å². The molecule has 0 atom stereocenters. The number of hydrogen-bond acceptors (Lipinski definition) is 6. The van der Waals surface area contributed by atoms with Crippen LogP contribution in [0, 0.1) is 22.9 Å². The van der Waals surface area contributed by atoms with Crippen molar-refractivity contribution in [3.63, 3.8) is 0 Å². The molecule has 0 fully saturated rings. The Morgan fingerprint density at radius 2 is 2.24 bits per heavy atom. The second kappa shape index (κ2) is 5.70. The second-order valence-corrected chi connectivity index (χ2v) is 4.10. The van der Waals surface area contributed by atoms with Gasteiger partial charge in [-0.15, -0.1) is 0 Å². The normalized spacial score (nSPS) is 10.4. The van der Waals surface area contributed by atoms with Crippen LogP contribution in [0.5, 0.6) is 0 Å². The SMILES string of the molecule is CCOC(=O)c1c(-c2ccc(F)cc2[N+](=O)[O-])noc1C. The van der Waals surface area contributed by atoms with Gasteiger partial charge < -0.3 is 9.26 Å². The minimum atomic E-state index is -0.761. The molecule has 2 aromatic rings. The van der Waals surface area contributed by atoms with Crippen LogP contribution in [-0.4, -0.2) is 22.7 Å². The number of ether oxygens (including phenoxy) is 1. The Balaban J connectivity index is 2.63. The van der Waals surface area contributed by atoms with Crippen LogP contribution in [0.4, 0.5) is 10.1 Å². The van der Waals surface area contributed by atoms with E-state index in [4.69, 9.17) is 9.26 Å². The van der Waals surface area contributed by atoms with Crippen LogP contribution in [0.25, 0.3) is 11.3 Å². The number of aryl methyl sites for hydroxylation is 1. The average Bonchev–Trinajstić information content (AvgIpc) is 2.80. The third kappa shape index (κ3) is 2.73. The molecule has 2 rings (SSSR count). The van der Waals surface area contributed by atoms with Crippen molar-refractivity contribution in [2.45, 2.75) is 13.8 Å². The second-order valence-electron chi connectivity index (χ2n) is 4.10. The molecule has 8 heteroatoms. The van der Waals surface area contributed by atoms with E-state index >= 15 is 0 Å². The Labute approximate surface area is 118 Å². The van der Waals surface area contributed by atoms with Gasteiger partial charge in [0.15, 0.2) is 0 Å². The van der Waals surface area contributed by atoms with Gasteiger partial charge in [-0.1, -0.05) is 5.16 Å². The number of benzene rings is 1. The maximum absolute atomic E-state index is 13.2. The van der Waals surface area contributed by atoms with Crippen molar-refractivity contribution >= 4 is 11.7 Å². The van der Waals surface area contributed by atoms with E-state index in [2.05, 4.69) is 5.16 Å². The molecule has 0 aliphatic rings. The molecule has 0 spiro atoms. The predicted molar refractivity (Wildman–Crippen MR) is 69.2 cm³/mol. The summed E-state index contributed by atoms with van der Waals surface area (Å²) in [5.41, 5.74) is -0.570. The molecule has 0 N–H and O–H groups in total. The molecule has 21 heavy (non-hydrogen) atoms. The molecule has 0 saturated heterocycles. The lowest BCUT2D eigenvalue weighted by Gasteiger charge is -2.03. The molecule has 0 aliphatic carbocycles. The summed E-state index contributed by atoms with van der Waals surface area (Å²) >= 11 is 0. The number of halogens is 1. The molecule has 0 aliphatic heterocycles. The smallest absolute Gasteiger partial charge is 0.344 e. The fraction of sp³-hybridized carbons (Fsp3) is 0.231. The number of nitro groups is 1. The van der Waals surface area contributed by atoms with Crippen LogP contribution in [0.3, 0.4) is 0 Å². The van der Waals surface area contributed by atoms with Gasteiger partial charge in [-0.05, 0) is 26.0 Å². The van der Waals surface area contributed by atoms with E-state index < -0.39 is 22.4 Å². The molecule has 0 unspecified atom stereocenters. The van der Waals surface area contributed by atoms with Crippen molar-refractivity contribution in [1.29, 1.82) is 0 Å². The summed E-state index contributed by atoms with van der Waals surface area (Å²) in [4.78, 5) is 22.2. The van der Waals surface area contributed by atoms with E-state index in [1.807, 2.05) is 0 Å². The fourth-order valence-electron chi connectivity index (χ4n) is 1.86. The number of carbonyl (C=O) groups excluding carboxylic acids is 1. The first-order valence-corrected chi connectivity index (χ1v) is 6.03. The third-order valence-electron chi connectivity index (χ3n) is 2.75. The molecule has 1 aromatic heterocycles. The molecular weight excluding hydrogens is 283 g/mol. The lowest BCUT2D eigenvalue weighted by molar-refractivity contribution is -0.384. The minimum Gasteiger partial charge on any atom is -0.462 e. The number of nitrogens with zero attached hydrogens (tertiary/aromatic N) is 2. The van der Waals surface area contributed by atoms with Crippen LogP contribution in [0.1, 0.15) is 23.0 Å². The summed E-state index contributed by atoms with van der Waals surface area (Å²) in [6, 6.07) is 2.98. The highest BCUT2D eigenvalue weighted by Crippen LogP contribution is 2.33. The summed E-state index contributed by atoms with van der Waals surface area (Å²) in [6.07, 6.45) is 0. The molecule has 0 amide bonds. The standard InChI is InChI=1S/C13H11FN2O5/c1-3-20-13(17)11-7(2)21-15-12(11)9-5-4-8(14)6-10(9)16(18)19/h4-6H,3H2,1-2H3. The van der Waals surface area contributed by atoms with Crippen molar-refractivity contribution in [3.05, 3.63) is 45.5 Å². The minimum absolute atomic E-state index is 0.00782. The zero-order chi connectivity index (χ0) is 15.6. The van der Waals surface area contributed by atoms with Crippen LogP contribution < -0.4 is 0 Å². The molecule has 0 radical (unpaired) electrons. The molecule has 110 valence electrons. The highest BCUT2D eigenvalue weighted by atomic mass is 19.1. The molecule has 0 saturated carbocycles. The topological polar surface area (TPSA) is 95.5 Å². The molecular formula is C13H11FN2O5. The Morgan fingerprint density at radius 3 is 2.86 bits per heavy atom. The summed E-state index contributed by atoms with van der Waals surface area (Å²) in [7, 11) is 0. The van der Waals surface area contributed by atoms with E-state index in [9.17, 15) is 19.3 Å². The number of carbonyl (C=O) groups is 1. The van der Waals surface area contributed by atoms with Gasteiger partial charge in [0.25, 0.3) is 5.69 Å². The Kier molecular flexibility index (Phi) is 3.97. The van der Waals surface area contributed by atoms with Gasteiger partial charge in [-0.2, -0.15) is 0 Å². The average molecular weight is 294 g/mol. The number of rotatable bonds is 4. The largest absolute Gasteiger partial charge is 0.462 e. The predicted octanol–water partition coefficient (Wildman–Crippen LogP) is 2.87. The summed E-state index contributed by atoms with van der Waals surface area (Å²) < 4.78 is 23.0. The lowest BCUT2D eigenvalue weighted by atomic mass is 10.0. The zero-order valence-corrected chi connectivity index (χ0v) is 11.3. The zero-order valence-electron chi connectivity index (χ0n) is 11.3. The quantitative estimate of drug-likeness (QED) is 0.488. The molecule has 1 aromatic carbocycles. The van der Waals surface area contributed by atoms with Gasteiger partial charge in [-0.25, -0.2) is 9.18 Å². The highest BCUT2D eigenvalue weighted by molar-refractivity contribution is 5.98. The monoisotopic (exact) mass is 294 g/mol. The summed E-state index contributed by atoms with van der Waals surface area (Å²) in [6.45, 7) is 3.24. The fourth-order valence-corrected chi connectivity index (χ4v) is 1.86. The maximum Gasteiger partial charge on any atom is 0.344 e. The maximum atomic E-state index is 13.2. The van der Waals surface area contributed by atoms with Crippen molar-refractivity contribution in [1.82, 2.24) is 5.16 Å². The van der Waals surface area contributed by atoms with Crippen LogP contribution >= 0.6 is 0 Å². The van der Waals surface area contributed by atoms with Crippen LogP contribution in [0.2, 0.25) is 0 Å².